The van der Waals surface area contributed by atoms with Crippen LogP contribution in [0, 0.1) is 11.8 Å². The molecule has 3 atom stereocenters. The highest BCUT2D eigenvalue weighted by Crippen LogP contribution is 2.28. The van der Waals surface area contributed by atoms with Crippen LogP contribution in [0.3, 0.4) is 0 Å². The number of hydrogen-bond acceptors (Lipinski definition) is 2. The van der Waals surface area contributed by atoms with Crippen molar-refractivity contribution in [3.63, 3.8) is 0 Å². The van der Waals surface area contributed by atoms with Gasteiger partial charge in [-0.15, -0.1) is 0 Å². The first kappa shape index (κ1) is 11.2. The molecule has 0 aromatic heterocycles. The number of fused-ring (bicyclic) bond motifs is 2. The Bertz CT molecular complexity index is 362. The van der Waals surface area contributed by atoms with E-state index in [9.17, 15) is 0 Å². The molecule has 2 aliphatic rings. The molecule has 3 rings (SSSR count). The predicted octanol–water partition coefficient (Wildman–Crippen LogP) is 2.12. The highest BCUT2D eigenvalue weighted by molar-refractivity contribution is 5.14. The molecule has 1 aromatic carbocycles. The largest absolute Gasteiger partial charge is 0.314 e. The lowest BCUT2D eigenvalue weighted by Gasteiger charge is -2.45. The molecule has 2 aliphatic heterocycles. The predicted molar refractivity (Wildman–Crippen MR) is 70.8 cm³/mol. The number of likely N-dealkylation sites (tertiary alicyclic amines) is 1. The molecule has 92 valence electrons. The Kier molecular flexibility index (Phi) is 3.17. The van der Waals surface area contributed by atoms with E-state index in [-0.39, 0.29) is 0 Å². The standard InChI is InChI=1S/C15H22N2/c1-12-15-7-14(8-16-12)10-17(11-15)9-13-5-3-2-4-6-13/h2-6,12,14-16H,7-11H2,1H3/t12-,14-,15+/m0/s1. The second-order valence-corrected chi connectivity index (χ2v) is 5.74. The normalized spacial score (nSPS) is 33.6. The summed E-state index contributed by atoms with van der Waals surface area (Å²) >= 11 is 0. The number of benzene rings is 1. The molecule has 2 nitrogen and oxygen atoms in total. The van der Waals surface area contributed by atoms with Gasteiger partial charge in [-0.3, -0.25) is 4.90 Å². The van der Waals surface area contributed by atoms with Crippen LogP contribution in [0.5, 0.6) is 0 Å². The van der Waals surface area contributed by atoms with E-state index in [0.29, 0.717) is 6.04 Å². The van der Waals surface area contributed by atoms with E-state index < -0.39 is 0 Å². The Balaban J connectivity index is 1.65. The summed E-state index contributed by atoms with van der Waals surface area (Å²) < 4.78 is 0. The van der Waals surface area contributed by atoms with Crippen LogP contribution in [0.2, 0.25) is 0 Å². The summed E-state index contributed by atoms with van der Waals surface area (Å²) in [7, 11) is 0. The van der Waals surface area contributed by atoms with Crippen molar-refractivity contribution in [2.75, 3.05) is 19.6 Å². The van der Waals surface area contributed by atoms with Gasteiger partial charge in [0.2, 0.25) is 0 Å². The smallest absolute Gasteiger partial charge is 0.0233 e. The van der Waals surface area contributed by atoms with Crippen LogP contribution < -0.4 is 5.32 Å². The fraction of sp³-hybridized carbons (Fsp3) is 0.600. The van der Waals surface area contributed by atoms with Crippen molar-refractivity contribution in [3.05, 3.63) is 35.9 Å². The van der Waals surface area contributed by atoms with Crippen LogP contribution >= 0.6 is 0 Å². The second-order valence-electron chi connectivity index (χ2n) is 5.74. The SMILES string of the molecule is C[C@@H]1NC[C@@H]2C[C@@H]1CN(Cc1ccccc1)C2. The molecule has 0 amide bonds. The summed E-state index contributed by atoms with van der Waals surface area (Å²) in [5.41, 5.74) is 1.45. The lowest BCUT2D eigenvalue weighted by Crippen LogP contribution is -2.54. The third kappa shape index (κ3) is 2.53. The summed E-state index contributed by atoms with van der Waals surface area (Å²) in [6.45, 7) is 7.21. The monoisotopic (exact) mass is 230 g/mol. The zero-order valence-electron chi connectivity index (χ0n) is 10.6. The zero-order chi connectivity index (χ0) is 11.7. The van der Waals surface area contributed by atoms with Crippen LogP contribution in [0.4, 0.5) is 0 Å². The summed E-state index contributed by atoms with van der Waals surface area (Å²) in [5, 5.41) is 3.64. The van der Waals surface area contributed by atoms with Crippen molar-refractivity contribution in [1.29, 1.82) is 0 Å². The Morgan fingerprint density at radius 1 is 1.24 bits per heavy atom. The third-order valence-corrected chi connectivity index (χ3v) is 4.33. The topological polar surface area (TPSA) is 15.3 Å². The fourth-order valence-corrected chi connectivity index (χ4v) is 3.35. The van der Waals surface area contributed by atoms with E-state index in [4.69, 9.17) is 0 Å². The maximum absolute atomic E-state index is 3.64. The Labute approximate surface area is 104 Å². The molecule has 1 aromatic rings. The maximum Gasteiger partial charge on any atom is 0.0233 e. The van der Waals surface area contributed by atoms with Gasteiger partial charge >= 0.3 is 0 Å². The van der Waals surface area contributed by atoms with Crippen LogP contribution in [-0.4, -0.2) is 30.6 Å². The van der Waals surface area contributed by atoms with Gasteiger partial charge < -0.3 is 5.32 Å². The number of piperidine rings is 2. The first-order valence-electron chi connectivity index (χ1n) is 6.81. The van der Waals surface area contributed by atoms with E-state index in [1.165, 1.54) is 31.6 Å². The number of rotatable bonds is 2. The second kappa shape index (κ2) is 4.79. The minimum Gasteiger partial charge on any atom is -0.314 e. The molecule has 2 bridgehead atoms. The Morgan fingerprint density at radius 3 is 2.88 bits per heavy atom. The zero-order valence-corrected chi connectivity index (χ0v) is 10.6. The van der Waals surface area contributed by atoms with Gasteiger partial charge in [0.25, 0.3) is 0 Å². The summed E-state index contributed by atoms with van der Waals surface area (Å²) in [4.78, 5) is 2.64. The van der Waals surface area contributed by atoms with Gasteiger partial charge in [0, 0.05) is 25.7 Å². The van der Waals surface area contributed by atoms with Gasteiger partial charge in [-0.25, -0.2) is 0 Å². The van der Waals surface area contributed by atoms with Crippen molar-refractivity contribution in [2.45, 2.75) is 25.9 Å². The van der Waals surface area contributed by atoms with Crippen molar-refractivity contribution in [3.8, 4) is 0 Å². The lowest BCUT2D eigenvalue weighted by molar-refractivity contribution is 0.0681. The molecule has 0 radical (unpaired) electrons. The van der Waals surface area contributed by atoms with Gasteiger partial charge in [0.15, 0.2) is 0 Å². The average molecular weight is 230 g/mol. The van der Waals surface area contributed by atoms with Crippen LogP contribution in [-0.2, 0) is 6.54 Å². The molecule has 1 N–H and O–H groups in total. The van der Waals surface area contributed by atoms with Crippen LogP contribution in [0.15, 0.2) is 30.3 Å². The molecule has 2 heteroatoms. The molecule has 2 fully saturated rings. The first-order chi connectivity index (χ1) is 8.31. The molecule has 0 aliphatic carbocycles. The van der Waals surface area contributed by atoms with E-state index in [1.807, 2.05) is 0 Å². The third-order valence-electron chi connectivity index (χ3n) is 4.33. The summed E-state index contributed by atoms with van der Waals surface area (Å²) in [6, 6.07) is 11.6. The van der Waals surface area contributed by atoms with Gasteiger partial charge in [-0.1, -0.05) is 30.3 Å². The van der Waals surface area contributed by atoms with Gasteiger partial charge in [-0.05, 0) is 37.3 Å². The number of hydrogen-bond donors (Lipinski definition) is 1. The minimum atomic E-state index is 0.699. The minimum absolute atomic E-state index is 0.699. The lowest BCUT2D eigenvalue weighted by atomic mass is 9.81. The van der Waals surface area contributed by atoms with E-state index >= 15 is 0 Å². The van der Waals surface area contributed by atoms with E-state index in [2.05, 4.69) is 47.5 Å². The van der Waals surface area contributed by atoms with Gasteiger partial charge in [-0.2, -0.15) is 0 Å². The van der Waals surface area contributed by atoms with Crippen molar-refractivity contribution >= 4 is 0 Å². The fourth-order valence-electron chi connectivity index (χ4n) is 3.35. The van der Waals surface area contributed by atoms with E-state index in [0.717, 1.165) is 18.4 Å². The molecule has 0 unspecified atom stereocenters. The molecule has 17 heavy (non-hydrogen) atoms. The van der Waals surface area contributed by atoms with E-state index in [1.54, 1.807) is 0 Å². The van der Waals surface area contributed by atoms with Crippen LogP contribution in [0.1, 0.15) is 18.9 Å². The van der Waals surface area contributed by atoms with Crippen molar-refractivity contribution in [1.82, 2.24) is 10.2 Å². The molecule has 2 saturated heterocycles. The highest BCUT2D eigenvalue weighted by atomic mass is 15.2. The molecule has 0 spiro atoms. The van der Waals surface area contributed by atoms with Crippen molar-refractivity contribution in [2.24, 2.45) is 11.8 Å². The molecule has 0 saturated carbocycles. The summed E-state index contributed by atoms with van der Waals surface area (Å²) in [5.74, 6) is 1.72. The Morgan fingerprint density at radius 2 is 2.06 bits per heavy atom. The van der Waals surface area contributed by atoms with Crippen molar-refractivity contribution < 1.29 is 0 Å². The maximum atomic E-state index is 3.64. The van der Waals surface area contributed by atoms with Gasteiger partial charge in [0.05, 0.1) is 0 Å². The van der Waals surface area contributed by atoms with Gasteiger partial charge in [0.1, 0.15) is 0 Å². The summed E-state index contributed by atoms with van der Waals surface area (Å²) in [6.07, 6.45) is 1.43. The molecular weight excluding hydrogens is 208 g/mol. The Hall–Kier alpha value is -0.860. The number of nitrogens with one attached hydrogen (secondary N) is 1. The molecular formula is C15H22N2. The quantitative estimate of drug-likeness (QED) is 0.837. The average Bonchev–Trinajstić information content (AvgIpc) is 2.36. The molecule has 2 heterocycles. The first-order valence-corrected chi connectivity index (χ1v) is 6.81. The number of nitrogens with zero attached hydrogens (tertiary/aromatic N) is 1. The van der Waals surface area contributed by atoms with Crippen LogP contribution in [0.25, 0.3) is 0 Å². The highest BCUT2D eigenvalue weighted by Gasteiger charge is 2.34.